The summed E-state index contributed by atoms with van der Waals surface area (Å²) in [6.07, 6.45) is -0.0674. The molecule has 1 aromatic carbocycles. The Balaban J connectivity index is 2.11. The van der Waals surface area contributed by atoms with Crippen LogP contribution in [0.15, 0.2) is 29.2 Å². The van der Waals surface area contributed by atoms with Gasteiger partial charge in [0.1, 0.15) is 11.5 Å². The quantitative estimate of drug-likeness (QED) is 0.819. The van der Waals surface area contributed by atoms with Crippen LogP contribution in [0.5, 0.6) is 5.75 Å². The Morgan fingerprint density at radius 3 is 2.90 bits per heavy atom. The first kappa shape index (κ1) is 15.8. The fourth-order valence-corrected chi connectivity index (χ4v) is 3.43. The lowest BCUT2D eigenvalue weighted by Crippen LogP contribution is -2.46. The van der Waals surface area contributed by atoms with E-state index < -0.39 is 21.5 Å². The van der Waals surface area contributed by atoms with Crippen LogP contribution < -0.4 is 4.74 Å². The minimum Gasteiger partial charge on any atom is -0.497 e. The molecular formula is C14H19NO5S. The van der Waals surface area contributed by atoms with Gasteiger partial charge in [0, 0.05) is 13.1 Å². The first-order valence-electron chi connectivity index (χ1n) is 6.68. The first-order valence-corrected chi connectivity index (χ1v) is 8.34. The minimum absolute atomic E-state index is 0.0674. The van der Waals surface area contributed by atoms with E-state index in [1.54, 1.807) is 12.1 Å². The fraction of sp³-hybridized carbons (Fsp3) is 0.500. The van der Waals surface area contributed by atoms with Gasteiger partial charge in [-0.15, -0.1) is 0 Å². The molecule has 1 saturated heterocycles. The average molecular weight is 313 g/mol. The number of amides is 1. The molecule has 1 atom stereocenters. The molecule has 1 amide bonds. The molecule has 116 valence electrons. The zero-order chi connectivity index (χ0) is 15.5. The molecule has 1 unspecified atom stereocenters. The summed E-state index contributed by atoms with van der Waals surface area (Å²) in [4.78, 5) is 13.8. The Morgan fingerprint density at radius 2 is 2.24 bits per heavy atom. The van der Waals surface area contributed by atoms with Crippen LogP contribution in [-0.4, -0.2) is 57.9 Å². The molecule has 0 N–H and O–H groups in total. The van der Waals surface area contributed by atoms with Crippen molar-refractivity contribution in [2.75, 3.05) is 32.6 Å². The predicted octanol–water partition coefficient (Wildman–Crippen LogP) is 0.716. The van der Waals surface area contributed by atoms with Gasteiger partial charge >= 0.3 is 0 Å². The average Bonchev–Trinajstić information content (AvgIpc) is 2.47. The predicted molar refractivity (Wildman–Crippen MR) is 77.0 cm³/mol. The number of hydrogen-bond acceptors (Lipinski definition) is 5. The Labute approximate surface area is 124 Å². The van der Waals surface area contributed by atoms with Crippen molar-refractivity contribution in [1.82, 2.24) is 4.90 Å². The van der Waals surface area contributed by atoms with Gasteiger partial charge in [-0.3, -0.25) is 4.79 Å². The van der Waals surface area contributed by atoms with Gasteiger partial charge < -0.3 is 14.4 Å². The normalized spacial score (nSPS) is 19.3. The number of carbonyl (C=O) groups excluding carboxylic acids is 1. The number of morpholine rings is 1. The Kier molecular flexibility index (Phi) is 4.84. The van der Waals surface area contributed by atoms with E-state index in [4.69, 9.17) is 9.47 Å². The van der Waals surface area contributed by atoms with Crippen LogP contribution in [0.2, 0.25) is 0 Å². The van der Waals surface area contributed by atoms with Crippen molar-refractivity contribution in [1.29, 1.82) is 0 Å². The summed E-state index contributed by atoms with van der Waals surface area (Å²) in [6, 6.07) is 6.13. The summed E-state index contributed by atoms with van der Waals surface area (Å²) >= 11 is 0. The van der Waals surface area contributed by atoms with Gasteiger partial charge in [-0.1, -0.05) is 6.07 Å². The van der Waals surface area contributed by atoms with Crippen molar-refractivity contribution >= 4 is 15.7 Å². The lowest BCUT2D eigenvalue weighted by Gasteiger charge is -2.31. The SMILES string of the molecule is COc1cccc(S(=O)(=O)CC(=O)N2CCOC(C)C2)c1. The third-order valence-corrected chi connectivity index (χ3v) is 4.91. The molecular weight excluding hydrogens is 294 g/mol. The number of sulfone groups is 1. The van der Waals surface area contributed by atoms with Gasteiger partial charge in [0.25, 0.3) is 0 Å². The number of rotatable bonds is 4. The van der Waals surface area contributed by atoms with Crippen molar-refractivity contribution in [3.63, 3.8) is 0 Å². The molecule has 0 aromatic heterocycles. The molecule has 0 saturated carbocycles. The van der Waals surface area contributed by atoms with Crippen LogP contribution in [0.25, 0.3) is 0 Å². The third-order valence-electron chi connectivity index (χ3n) is 3.31. The van der Waals surface area contributed by atoms with Crippen LogP contribution in [-0.2, 0) is 19.4 Å². The standard InChI is InChI=1S/C14H19NO5S/c1-11-9-15(6-7-20-11)14(16)10-21(17,18)13-5-3-4-12(8-13)19-2/h3-5,8,11H,6-7,9-10H2,1-2H3. The van der Waals surface area contributed by atoms with E-state index in [1.807, 2.05) is 6.92 Å². The smallest absolute Gasteiger partial charge is 0.238 e. The molecule has 0 spiro atoms. The number of carbonyl (C=O) groups is 1. The van der Waals surface area contributed by atoms with E-state index in [9.17, 15) is 13.2 Å². The molecule has 1 aromatic rings. The lowest BCUT2D eigenvalue weighted by molar-refractivity contribution is -0.135. The lowest BCUT2D eigenvalue weighted by atomic mass is 10.3. The molecule has 0 aliphatic carbocycles. The van der Waals surface area contributed by atoms with Crippen molar-refractivity contribution in [3.05, 3.63) is 24.3 Å². The van der Waals surface area contributed by atoms with E-state index >= 15 is 0 Å². The van der Waals surface area contributed by atoms with E-state index in [1.165, 1.54) is 24.1 Å². The van der Waals surface area contributed by atoms with Gasteiger partial charge in [-0.2, -0.15) is 0 Å². The van der Waals surface area contributed by atoms with Crippen molar-refractivity contribution in [2.24, 2.45) is 0 Å². The van der Waals surface area contributed by atoms with Crippen LogP contribution >= 0.6 is 0 Å². The summed E-state index contributed by atoms with van der Waals surface area (Å²) in [5, 5.41) is 0. The van der Waals surface area contributed by atoms with Crippen LogP contribution in [0, 0.1) is 0 Å². The third kappa shape index (κ3) is 3.95. The van der Waals surface area contributed by atoms with Gasteiger partial charge in [-0.25, -0.2) is 8.42 Å². The van der Waals surface area contributed by atoms with Gasteiger partial charge in [-0.05, 0) is 25.1 Å². The monoisotopic (exact) mass is 313 g/mol. The molecule has 0 bridgehead atoms. The molecule has 2 rings (SSSR count). The maximum atomic E-state index is 12.3. The highest BCUT2D eigenvalue weighted by atomic mass is 32.2. The largest absolute Gasteiger partial charge is 0.497 e. The van der Waals surface area contributed by atoms with Gasteiger partial charge in [0.15, 0.2) is 9.84 Å². The minimum atomic E-state index is -3.67. The fourth-order valence-electron chi connectivity index (χ4n) is 2.18. The van der Waals surface area contributed by atoms with Gasteiger partial charge in [0.05, 0.1) is 24.7 Å². The summed E-state index contributed by atoms with van der Waals surface area (Å²) in [7, 11) is -2.21. The number of nitrogens with zero attached hydrogens (tertiary/aromatic N) is 1. The van der Waals surface area contributed by atoms with Crippen LogP contribution in [0.3, 0.4) is 0 Å². The molecule has 1 aliphatic heterocycles. The summed E-state index contributed by atoms with van der Waals surface area (Å²) in [5.74, 6) is -0.483. The second-order valence-corrected chi connectivity index (χ2v) is 6.95. The van der Waals surface area contributed by atoms with Crippen LogP contribution in [0.1, 0.15) is 6.92 Å². The number of methoxy groups -OCH3 is 1. The number of ether oxygens (including phenoxy) is 2. The topological polar surface area (TPSA) is 72.9 Å². The van der Waals surface area contributed by atoms with Crippen molar-refractivity contribution in [3.8, 4) is 5.75 Å². The second-order valence-electron chi connectivity index (χ2n) is 4.96. The highest BCUT2D eigenvalue weighted by molar-refractivity contribution is 7.92. The van der Waals surface area contributed by atoms with E-state index in [-0.39, 0.29) is 11.0 Å². The number of hydrogen-bond donors (Lipinski definition) is 0. The maximum Gasteiger partial charge on any atom is 0.238 e. The number of benzene rings is 1. The Morgan fingerprint density at radius 1 is 1.48 bits per heavy atom. The second kappa shape index (κ2) is 6.44. The highest BCUT2D eigenvalue weighted by Crippen LogP contribution is 2.19. The molecule has 1 heterocycles. The summed E-state index contributed by atoms with van der Waals surface area (Å²) in [5.41, 5.74) is 0. The summed E-state index contributed by atoms with van der Waals surface area (Å²) in [6.45, 7) is 3.14. The Bertz CT molecular complexity index is 614. The van der Waals surface area contributed by atoms with Crippen molar-refractivity contribution in [2.45, 2.75) is 17.9 Å². The maximum absolute atomic E-state index is 12.3. The summed E-state index contributed by atoms with van der Waals surface area (Å²) < 4.78 is 35.0. The zero-order valence-electron chi connectivity index (χ0n) is 12.1. The van der Waals surface area contributed by atoms with Gasteiger partial charge in [0.2, 0.25) is 5.91 Å². The zero-order valence-corrected chi connectivity index (χ0v) is 12.9. The first-order chi connectivity index (χ1) is 9.92. The molecule has 1 aliphatic rings. The Hall–Kier alpha value is -1.60. The highest BCUT2D eigenvalue weighted by Gasteiger charge is 2.27. The van der Waals surface area contributed by atoms with Crippen LogP contribution in [0.4, 0.5) is 0 Å². The van der Waals surface area contributed by atoms with E-state index in [0.29, 0.717) is 25.4 Å². The van der Waals surface area contributed by atoms with Crippen molar-refractivity contribution < 1.29 is 22.7 Å². The molecule has 0 radical (unpaired) electrons. The molecule has 21 heavy (non-hydrogen) atoms. The van der Waals surface area contributed by atoms with E-state index in [2.05, 4.69) is 0 Å². The molecule has 1 fully saturated rings. The molecule has 6 nitrogen and oxygen atoms in total. The van der Waals surface area contributed by atoms with E-state index in [0.717, 1.165) is 0 Å². The molecule has 7 heteroatoms.